The van der Waals surface area contributed by atoms with Gasteiger partial charge >= 0.3 is 0 Å². The smallest absolute Gasteiger partial charge is 0.231 e. The molecule has 2 amide bonds. The van der Waals surface area contributed by atoms with Gasteiger partial charge in [0, 0.05) is 57.1 Å². The Hall–Kier alpha value is -3.80. The molecule has 0 aliphatic carbocycles. The Labute approximate surface area is 179 Å². The number of amides is 2. The van der Waals surface area contributed by atoms with E-state index in [0.29, 0.717) is 49.8 Å². The van der Waals surface area contributed by atoms with Crippen LogP contribution in [0.1, 0.15) is 12.0 Å². The fourth-order valence-corrected chi connectivity index (χ4v) is 4.25. The first-order valence-electron chi connectivity index (χ1n) is 10.2. The number of carbonyl (C=O) groups excluding carboxylic acids is 2. The van der Waals surface area contributed by atoms with Gasteiger partial charge < -0.3 is 24.2 Å². The van der Waals surface area contributed by atoms with Crippen LogP contribution in [-0.2, 0) is 9.59 Å². The van der Waals surface area contributed by atoms with Gasteiger partial charge in [-0.3, -0.25) is 9.59 Å². The van der Waals surface area contributed by atoms with Crippen molar-refractivity contribution in [3.63, 3.8) is 0 Å². The normalized spacial score (nSPS) is 20.2. The summed E-state index contributed by atoms with van der Waals surface area (Å²) in [7, 11) is 0. The van der Waals surface area contributed by atoms with Gasteiger partial charge in [-0.2, -0.15) is 5.26 Å². The van der Waals surface area contributed by atoms with Crippen LogP contribution >= 0.6 is 0 Å². The molecule has 2 aromatic rings. The summed E-state index contributed by atoms with van der Waals surface area (Å²) in [6.45, 7) is 2.94. The molecule has 0 N–H and O–H groups in total. The van der Waals surface area contributed by atoms with Crippen LogP contribution in [0.3, 0.4) is 0 Å². The second-order valence-corrected chi connectivity index (χ2v) is 7.77. The lowest BCUT2D eigenvalue weighted by molar-refractivity contribution is -0.136. The average Bonchev–Trinajstić information content (AvgIpc) is 3.44. The van der Waals surface area contributed by atoms with Gasteiger partial charge in [0.1, 0.15) is 5.82 Å². The highest BCUT2D eigenvalue weighted by Crippen LogP contribution is 2.37. The van der Waals surface area contributed by atoms with Gasteiger partial charge in [-0.1, -0.05) is 0 Å². The Balaban J connectivity index is 1.21. The van der Waals surface area contributed by atoms with Crippen LogP contribution in [0.25, 0.3) is 0 Å². The van der Waals surface area contributed by atoms with E-state index in [0.717, 1.165) is 11.5 Å². The minimum absolute atomic E-state index is 0.00924. The quantitative estimate of drug-likeness (QED) is 0.741. The summed E-state index contributed by atoms with van der Waals surface area (Å²) < 4.78 is 10.7. The third kappa shape index (κ3) is 3.61. The molecule has 2 saturated heterocycles. The Bertz CT molecular complexity index is 1070. The zero-order valence-corrected chi connectivity index (χ0v) is 16.9. The molecule has 1 unspecified atom stereocenters. The lowest BCUT2D eigenvalue weighted by Gasteiger charge is -2.36. The maximum Gasteiger partial charge on any atom is 0.231 e. The summed E-state index contributed by atoms with van der Waals surface area (Å²) in [5, 5.41) is 9.07. The van der Waals surface area contributed by atoms with Gasteiger partial charge in [-0.15, -0.1) is 0 Å². The van der Waals surface area contributed by atoms with Gasteiger partial charge in [0.05, 0.1) is 17.6 Å². The number of anilines is 2. The highest BCUT2D eigenvalue weighted by atomic mass is 16.7. The van der Waals surface area contributed by atoms with Crippen molar-refractivity contribution in [2.45, 2.75) is 6.42 Å². The molecule has 3 aliphatic rings. The van der Waals surface area contributed by atoms with E-state index in [9.17, 15) is 9.59 Å². The molecule has 1 aromatic carbocycles. The van der Waals surface area contributed by atoms with Crippen molar-refractivity contribution in [2.24, 2.45) is 5.92 Å². The predicted octanol–water partition coefficient (Wildman–Crippen LogP) is 1.38. The number of rotatable bonds is 3. The number of nitrogens with zero attached hydrogens (tertiary/aromatic N) is 5. The third-order valence-electron chi connectivity index (χ3n) is 5.93. The van der Waals surface area contributed by atoms with Gasteiger partial charge in [0.2, 0.25) is 18.6 Å². The van der Waals surface area contributed by atoms with E-state index >= 15 is 0 Å². The molecule has 4 heterocycles. The molecule has 9 heteroatoms. The van der Waals surface area contributed by atoms with Crippen molar-refractivity contribution in [2.75, 3.05) is 49.3 Å². The maximum absolute atomic E-state index is 13.1. The molecule has 9 nitrogen and oxygen atoms in total. The van der Waals surface area contributed by atoms with E-state index in [1.165, 1.54) is 0 Å². The highest BCUT2D eigenvalue weighted by Gasteiger charge is 2.38. The summed E-state index contributed by atoms with van der Waals surface area (Å²) in [5.41, 5.74) is 1.29. The molecular weight excluding hydrogens is 398 g/mol. The Morgan fingerprint density at radius 2 is 1.90 bits per heavy atom. The van der Waals surface area contributed by atoms with E-state index in [2.05, 4.69) is 16.0 Å². The molecule has 158 valence electrons. The number of benzene rings is 1. The number of hydrogen-bond acceptors (Lipinski definition) is 7. The van der Waals surface area contributed by atoms with E-state index < -0.39 is 0 Å². The van der Waals surface area contributed by atoms with Crippen molar-refractivity contribution >= 4 is 23.3 Å². The second kappa shape index (κ2) is 7.80. The van der Waals surface area contributed by atoms with Crippen LogP contribution in [0.4, 0.5) is 11.5 Å². The molecule has 31 heavy (non-hydrogen) atoms. The molecule has 3 aliphatic heterocycles. The van der Waals surface area contributed by atoms with Crippen molar-refractivity contribution in [1.29, 1.82) is 5.26 Å². The predicted molar refractivity (Wildman–Crippen MR) is 111 cm³/mol. The summed E-state index contributed by atoms with van der Waals surface area (Å²) in [4.78, 5) is 35.6. The van der Waals surface area contributed by atoms with Crippen LogP contribution in [0.15, 0.2) is 36.5 Å². The minimum atomic E-state index is -0.357. The van der Waals surface area contributed by atoms with Gasteiger partial charge in [0.25, 0.3) is 0 Å². The highest BCUT2D eigenvalue weighted by molar-refractivity contribution is 6.00. The fraction of sp³-hybridized carbons (Fsp3) is 0.364. The first kappa shape index (κ1) is 19.2. The van der Waals surface area contributed by atoms with Crippen LogP contribution in [-0.4, -0.2) is 61.2 Å². The molecule has 0 radical (unpaired) electrons. The Morgan fingerprint density at radius 3 is 2.71 bits per heavy atom. The van der Waals surface area contributed by atoms with E-state index in [1.807, 2.05) is 11.0 Å². The molecule has 0 spiro atoms. The topological polar surface area (TPSA) is 99.0 Å². The molecule has 5 rings (SSSR count). The van der Waals surface area contributed by atoms with Crippen LogP contribution < -0.4 is 19.3 Å². The molecule has 2 fully saturated rings. The van der Waals surface area contributed by atoms with E-state index in [4.69, 9.17) is 14.7 Å². The number of fused-ring (bicyclic) bond motifs is 1. The number of piperazine rings is 1. The number of ether oxygens (including phenoxy) is 2. The van der Waals surface area contributed by atoms with Gasteiger partial charge in [-0.25, -0.2) is 4.98 Å². The minimum Gasteiger partial charge on any atom is -0.454 e. The second-order valence-electron chi connectivity index (χ2n) is 7.77. The zero-order valence-electron chi connectivity index (χ0n) is 16.9. The summed E-state index contributed by atoms with van der Waals surface area (Å²) >= 11 is 0. The van der Waals surface area contributed by atoms with Crippen LogP contribution in [0, 0.1) is 17.2 Å². The van der Waals surface area contributed by atoms with Crippen molar-refractivity contribution in [3.8, 4) is 17.6 Å². The number of hydrogen-bond donors (Lipinski definition) is 0. The van der Waals surface area contributed by atoms with Crippen molar-refractivity contribution in [3.05, 3.63) is 42.1 Å². The standard InChI is InChI=1S/C22H21N5O4/c23-12-15-3-4-24-20(9-15)25-5-7-26(8-6-25)22(29)16-10-21(28)27(13-16)17-1-2-18-19(11-17)31-14-30-18/h1-4,9,11,16H,5-8,10,13-14H2. The Morgan fingerprint density at radius 1 is 1.10 bits per heavy atom. The van der Waals surface area contributed by atoms with Crippen molar-refractivity contribution < 1.29 is 19.1 Å². The van der Waals surface area contributed by atoms with Crippen molar-refractivity contribution in [1.82, 2.24) is 9.88 Å². The zero-order chi connectivity index (χ0) is 21.4. The molecule has 0 saturated carbocycles. The number of carbonyl (C=O) groups is 2. The molecule has 1 atom stereocenters. The van der Waals surface area contributed by atoms with Crippen LogP contribution in [0.2, 0.25) is 0 Å². The molecular formula is C22H21N5O4. The summed E-state index contributed by atoms with van der Waals surface area (Å²) in [5.74, 6) is 1.62. The largest absolute Gasteiger partial charge is 0.454 e. The first-order chi connectivity index (χ1) is 15.1. The lowest BCUT2D eigenvalue weighted by Crippen LogP contribution is -2.51. The van der Waals surface area contributed by atoms with Crippen LogP contribution in [0.5, 0.6) is 11.5 Å². The average molecular weight is 419 g/mol. The lowest BCUT2D eigenvalue weighted by atomic mass is 10.1. The van der Waals surface area contributed by atoms with Gasteiger partial charge in [0.15, 0.2) is 11.5 Å². The third-order valence-corrected chi connectivity index (χ3v) is 5.93. The summed E-state index contributed by atoms with van der Waals surface area (Å²) in [6, 6.07) is 10.9. The fourth-order valence-electron chi connectivity index (χ4n) is 4.25. The van der Waals surface area contributed by atoms with E-state index in [1.54, 1.807) is 35.4 Å². The Kier molecular flexibility index (Phi) is 4.82. The maximum atomic E-state index is 13.1. The summed E-state index contributed by atoms with van der Waals surface area (Å²) in [6.07, 6.45) is 1.83. The molecule has 1 aromatic heterocycles. The number of aromatic nitrogens is 1. The SMILES string of the molecule is N#Cc1ccnc(N2CCN(C(=O)C3CC(=O)N(c4ccc5c(c4)OCO5)C3)CC2)c1. The number of nitriles is 1. The first-order valence-corrected chi connectivity index (χ1v) is 10.2. The molecule has 0 bridgehead atoms. The number of pyridine rings is 1. The van der Waals surface area contributed by atoms with Gasteiger partial charge in [-0.05, 0) is 24.3 Å². The monoisotopic (exact) mass is 419 g/mol. The van der Waals surface area contributed by atoms with E-state index in [-0.39, 0.29) is 30.9 Å².